The lowest BCUT2D eigenvalue weighted by molar-refractivity contribution is 0.102. The van der Waals surface area contributed by atoms with E-state index >= 15 is 0 Å². The molecule has 1 aromatic carbocycles. The van der Waals surface area contributed by atoms with Crippen molar-refractivity contribution in [1.82, 2.24) is 9.97 Å². The lowest BCUT2D eigenvalue weighted by atomic mass is 10.1. The Kier molecular flexibility index (Phi) is 5.14. The summed E-state index contributed by atoms with van der Waals surface area (Å²) >= 11 is 0. The van der Waals surface area contributed by atoms with E-state index in [1.54, 1.807) is 6.20 Å². The van der Waals surface area contributed by atoms with Gasteiger partial charge >= 0.3 is 0 Å². The molecule has 0 aliphatic carbocycles. The van der Waals surface area contributed by atoms with Gasteiger partial charge in [-0.05, 0) is 24.6 Å². The van der Waals surface area contributed by atoms with Gasteiger partial charge in [0, 0.05) is 38.4 Å². The highest BCUT2D eigenvalue weighted by Gasteiger charge is 2.17. The number of anilines is 3. The Bertz CT molecular complexity index is 757. The normalized spacial score (nSPS) is 14.3. The van der Waals surface area contributed by atoms with Crippen LogP contribution in [0.5, 0.6) is 0 Å². The molecule has 0 saturated carbocycles. The first-order chi connectivity index (χ1) is 12.1. The van der Waals surface area contributed by atoms with Crippen LogP contribution in [-0.4, -0.2) is 56.3 Å². The summed E-state index contributed by atoms with van der Waals surface area (Å²) in [6.07, 6.45) is 3.07. The van der Waals surface area contributed by atoms with Gasteiger partial charge in [0.15, 0.2) is 5.82 Å². The molecular formula is C18H23N5O2. The monoisotopic (exact) mass is 341 g/mol. The van der Waals surface area contributed by atoms with E-state index in [1.807, 2.05) is 37.2 Å². The van der Waals surface area contributed by atoms with Crippen molar-refractivity contribution in [2.75, 3.05) is 55.5 Å². The fourth-order valence-electron chi connectivity index (χ4n) is 2.86. The predicted octanol–water partition coefficient (Wildman–Crippen LogP) is 1.94. The largest absolute Gasteiger partial charge is 0.378 e. The summed E-state index contributed by atoms with van der Waals surface area (Å²) in [4.78, 5) is 25.0. The van der Waals surface area contributed by atoms with E-state index in [1.165, 1.54) is 6.33 Å². The molecule has 1 N–H and O–H groups in total. The van der Waals surface area contributed by atoms with Crippen molar-refractivity contribution in [1.29, 1.82) is 0 Å². The molecule has 0 bridgehead atoms. The maximum Gasteiger partial charge on any atom is 0.255 e. The zero-order chi connectivity index (χ0) is 17.8. The van der Waals surface area contributed by atoms with E-state index in [4.69, 9.17) is 4.74 Å². The van der Waals surface area contributed by atoms with Crippen LogP contribution in [0.25, 0.3) is 0 Å². The molecule has 3 rings (SSSR count). The number of hydrogen-bond acceptors (Lipinski definition) is 6. The fraction of sp³-hybridized carbons (Fsp3) is 0.389. The third kappa shape index (κ3) is 3.88. The Balaban J connectivity index is 1.83. The molecule has 0 unspecified atom stereocenters. The van der Waals surface area contributed by atoms with Crippen molar-refractivity contribution in [2.45, 2.75) is 6.92 Å². The summed E-state index contributed by atoms with van der Waals surface area (Å²) in [6.45, 7) is 5.15. The molecule has 1 saturated heterocycles. The lowest BCUT2D eigenvalue weighted by Crippen LogP contribution is -2.36. The first kappa shape index (κ1) is 17.2. The molecule has 0 atom stereocenters. The molecule has 2 aromatic rings. The van der Waals surface area contributed by atoms with E-state index in [9.17, 15) is 4.79 Å². The van der Waals surface area contributed by atoms with Crippen LogP contribution in [0.4, 0.5) is 17.2 Å². The number of benzene rings is 1. The number of nitrogens with zero attached hydrogens (tertiary/aromatic N) is 4. The van der Waals surface area contributed by atoms with Crippen LogP contribution >= 0.6 is 0 Å². The van der Waals surface area contributed by atoms with Crippen molar-refractivity contribution < 1.29 is 9.53 Å². The van der Waals surface area contributed by atoms with Gasteiger partial charge in [0.2, 0.25) is 0 Å². The van der Waals surface area contributed by atoms with Gasteiger partial charge < -0.3 is 19.9 Å². The first-order valence-electron chi connectivity index (χ1n) is 8.28. The summed E-state index contributed by atoms with van der Waals surface area (Å²) in [5.41, 5.74) is 3.43. The summed E-state index contributed by atoms with van der Waals surface area (Å²) in [7, 11) is 3.75. The fourth-order valence-corrected chi connectivity index (χ4v) is 2.86. The molecule has 7 nitrogen and oxygen atoms in total. The maximum atomic E-state index is 12.7. The summed E-state index contributed by atoms with van der Waals surface area (Å²) in [5, 5.41) is 2.91. The number of nitrogens with one attached hydrogen (secondary N) is 1. The van der Waals surface area contributed by atoms with Crippen LogP contribution in [0.2, 0.25) is 0 Å². The second-order valence-corrected chi connectivity index (χ2v) is 6.21. The highest BCUT2D eigenvalue weighted by Crippen LogP contribution is 2.24. The van der Waals surface area contributed by atoms with Crippen molar-refractivity contribution >= 4 is 23.1 Å². The summed E-state index contributed by atoms with van der Waals surface area (Å²) in [5.74, 6) is 0.497. The van der Waals surface area contributed by atoms with Crippen LogP contribution in [0, 0.1) is 6.92 Å². The number of morpholine rings is 1. The molecule has 1 fully saturated rings. The number of ether oxygens (including phenoxy) is 1. The Morgan fingerprint density at radius 1 is 1.28 bits per heavy atom. The van der Waals surface area contributed by atoms with Crippen molar-refractivity contribution in [2.24, 2.45) is 0 Å². The Morgan fingerprint density at radius 2 is 2.04 bits per heavy atom. The number of aryl methyl sites for hydroxylation is 1. The number of amides is 1. The number of hydrogen-bond donors (Lipinski definition) is 1. The third-order valence-electron chi connectivity index (χ3n) is 4.19. The van der Waals surface area contributed by atoms with E-state index in [-0.39, 0.29) is 5.91 Å². The van der Waals surface area contributed by atoms with Gasteiger partial charge in [0.1, 0.15) is 12.0 Å². The van der Waals surface area contributed by atoms with E-state index < -0.39 is 0 Å². The summed E-state index contributed by atoms with van der Waals surface area (Å²) in [6, 6.07) is 5.76. The van der Waals surface area contributed by atoms with Gasteiger partial charge in [-0.25, -0.2) is 9.97 Å². The van der Waals surface area contributed by atoms with Crippen LogP contribution in [0.3, 0.4) is 0 Å². The molecule has 1 aliphatic rings. The Hall–Kier alpha value is -2.67. The lowest BCUT2D eigenvalue weighted by Gasteiger charge is -2.30. The molecule has 0 radical (unpaired) electrons. The third-order valence-corrected chi connectivity index (χ3v) is 4.19. The number of aromatic nitrogens is 2. The Morgan fingerprint density at radius 3 is 2.76 bits per heavy atom. The van der Waals surface area contributed by atoms with Gasteiger partial charge in [0.25, 0.3) is 5.91 Å². The van der Waals surface area contributed by atoms with Gasteiger partial charge in [-0.2, -0.15) is 0 Å². The number of carbonyl (C=O) groups excluding carboxylic acids is 1. The molecule has 132 valence electrons. The van der Waals surface area contributed by atoms with Gasteiger partial charge in [-0.15, -0.1) is 0 Å². The minimum Gasteiger partial charge on any atom is -0.378 e. The molecule has 1 aromatic heterocycles. The molecule has 0 spiro atoms. The van der Waals surface area contributed by atoms with Gasteiger partial charge in [-0.3, -0.25) is 4.79 Å². The molecular weight excluding hydrogens is 318 g/mol. The second-order valence-electron chi connectivity index (χ2n) is 6.21. The van der Waals surface area contributed by atoms with E-state index in [0.717, 1.165) is 24.3 Å². The average Bonchev–Trinajstić information content (AvgIpc) is 2.63. The smallest absolute Gasteiger partial charge is 0.255 e. The molecule has 25 heavy (non-hydrogen) atoms. The molecule has 7 heteroatoms. The Labute approximate surface area is 147 Å². The standard InChI is InChI=1S/C18H23N5O2/c1-13-4-5-14(10-16(13)23-6-8-25-9-7-23)18(24)21-15-11-19-12-20-17(15)22(2)3/h4-5,10-12H,6-9H2,1-3H3,(H,21,24). The van der Waals surface area contributed by atoms with Gasteiger partial charge in [0.05, 0.1) is 19.4 Å². The zero-order valence-corrected chi connectivity index (χ0v) is 14.8. The average molecular weight is 341 g/mol. The first-order valence-corrected chi connectivity index (χ1v) is 8.28. The van der Waals surface area contributed by atoms with E-state index in [2.05, 4.69) is 27.1 Å². The number of carbonyl (C=O) groups is 1. The van der Waals surface area contributed by atoms with Crippen LogP contribution in [-0.2, 0) is 4.74 Å². The van der Waals surface area contributed by atoms with Crippen LogP contribution in [0.1, 0.15) is 15.9 Å². The highest BCUT2D eigenvalue weighted by atomic mass is 16.5. The summed E-state index contributed by atoms with van der Waals surface area (Å²) < 4.78 is 5.41. The number of rotatable bonds is 4. The zero-order valence-electron chi connectivity index (χ0n) is 14.8. The topological polar surface area (TPSA) is 70.6 Å². The molecule has 1 aliphatic heterocycles. The minimum atomic E-state index is -0.174. The van der Waals surface area contributed by atoms with E-state index in [0.29, 0.717) is 30.3 Å². The second kappa shape index (κ2) is 7.48. The quantitative estimate of drug-likeness (QED) is 0.916. The van der Waals surface area contributed by atoms with Crippen LogP contribution < -0.4 is 15.1 Å². The molecule has 1 amide bonds. The SMILES string of the molecule is Cc1ccc(C(=O)Nc2cncnc2N(C)C)cc1N1CCOCC1. The van der Waals surface area contributed by atoms with Crippen molar-refractivity contribution in [3.63, 3.8) is 0 Å². The predicted molar refractivity (Wildman–Crippen MR) is 98.5 cm³/mol. The van der Waals surface area contributed by atoms with Crippen molar-refractivity contribution in [3.05, 3.63) is 41.9 Å². The van der Waals surface area contributed by atoms with Gasteiger partial charge in [-0.1, -0.05) is 6.07 Å². The minimum absolute atomic E-state index is 0.174. The maximum absolute atomic E-state index is 12.7. The van der Waals surface area contributed by atoms with Crippen LogP contribution in [0.15, 0.2) is 30.7 Å². The molecule has 2 heterocycles. The van der Waals surface area contributed by atoms with Crippen molar-refractivity contribution in [3.8, 4) is 0 Å². The highest BCUT2D eigenvalue weighted by molar-refractivity contribution is 6.06.